The van der Waals surface area contributed by atoms with Crippen LogP contribution >= 0.6 is 23.2 Å². The minimum atomic E-state index is 0.476. The van der Waals surface area contributed by atoms with Gasteiger partial charge in [0.15, 0.2) is 0 Å². The standard InChI is InChI=1S/C7H10Cl2/c1-3-6(2)7(9)4-5-8/h3-4H,5H2,1-2H3/b6-3-,7-4+. The van der Waals surface area contributed by atoms with Gasteiger partial charge in [0.25, 0.3) is 0 Å². The highest BCUT2D eigenvalue weighted by atomic mass is 35.5. The van der Waals surface area contributed by atoms with E-state index in [1.807, 2.05) is 19.9 Å². The van der Waals surface area contributed by atoms with Crippen molar-refractivity contribution in [1.29, 1.82) is 0 Å². The Hall–Kier alpha value is 0.0600. The molecule has 0 aromatic carbocycles. The molecule has 0 spiro atoms. The lowest BCUT2D eigenvalue weighted by atomic mass is 10.3. The molecule has 0 aliphatic heterocycles. The third-order valence-electron chi connectivity index (χ3n) is 1.07. The van der Waals surface area contributed by atoms with Gasteiger partial charge in [-0.25, -0.2) is 0 Å². The SMILES string of the molecule is C/C=C(C)\C(Cl)=C/CCl. The van der Waals surface area contributed by atoms with E-state index >= 15 is 0 Å². The Morgan fingerprint density at radius 1 is 1.56 bits per heavy atom. The molecule has 0 saturated carbocycles. The summed E-state index contributed by atoms with van der Waals surface area (Å²) in [4.78, 5) is 0. The summed E-state index contributed by atoms with van der Waals surface area (Å²) in [5, 5.41) is 0.743. The first-order valence-electron chi connectivity index (χ1n) is 2.77. The molecular formula is C7H10Cl2. The van der Waals surface area contributed by atoms with Crippen molar-refractivity contribution in [2.24, 2.45) is 0 Å². The Morgan fingerprint density at radius 2 is 2.11 bits per heavy atom. The second-order valence-corrected chi connectivity index (χ2v) is 2.39. The van der Waals surface area contributed by atoms with Gasteiger partial charge >= 0.3 is 0 Å². The van der Waals surface area contributed by atoms with E-state index in [-0.39, 0.29) is 0 Å². The number of rotatable bonds is 2. The Labute approximate surface area is 66.2 Å². The summed E-state index contributed by atoms with van der Waals surface area (Å²) < 4.78 is 0. The summed E-state index contributed by atoms with van der Waals surface area (Å²) in [6, 6.07) is 0. The molecule has 0 nitrogen and oxygen atoms in total. The molecule has 0 radical (unpaired) electrons. The lowest BCUT2D eigenvalue weighted by molar-refractivity contribution is 1.44. The van der Waals surface area contributed by atoms with Gasteiger partial charge < -0.3 is 0 Å². The summed E-state index contributed by atoms with van der Waals surface area (Å²) >= 11 is 11.1. The lowest BCUT2D eigenvalue weighted by Crippen LogP contribution is -1.74. The predicted octanol–water partition coefficient (Wildman–Crippen LogP) is 3.31. The maximum absolute atomic E-state index is 5.74. The van der Waals surface area contributed by atoms with Crippen LogP contribution in [0.2, 0.25) is 0 Å². The molecule has 0 rings (SSSR count). The molecule has 0 unspecified atom stereocenters. The zero-order chi connectivity index (χ0) is 7.28. The highest BCUT2D eigenvalue weighted by Crippen LogP contribution is 2.12. The van der Waals surface area contributed by atoms with Crippen LogP contribution in [-0.4, -0.2) is 5.88 Å². The summed E-state index contributed by atoms with van der Waals surface area (Å²) in [7, 11) is 0. The second kappa shape index (κ2) is 4.89. The number of alkyl halides is 1. The maximum atomic E-state index is 5.74. The lowest BCUT2D eigenvalue weighted by Gasteiger charge is -1.93. The van der Waals surface area contributed by atoms with Crippen molar-refractivity contribution in [3.8, 4) is 0 Å². The molecule has 0 heterocycles. The van der Waals surface area contributed by atoms with E-state index in [9.17, 15) is 0 Å². The van der Waals surface area contributed by atoms with E-state index in [1.54, 1.807) is 6.08 Å². The van der Waals surface area contributed by atoms with E-state index in [0.717, 1.165) is 10.6 Å². The van der Waals surface area contributed by atoms with Crippen molar-refractivity contribution in [3.63, 3.8) is 0 Å². The van der Waals surface area contributed by atoms with Gasteiger partial charge in [0.2, 0.25) is 0 Å². The molecule has 0 aromatic rings. The van der Waals surface area contributed by atoms with E-state index < -0.39 is 0 Å². The highest BCUT2D eigenvalue weighted by molar-refractivity contribution is 6.32. The van der Waals surface area contributed by atoms with E-state index in [0.29, 0.717) is 5.88 Å². The third-order valence-corrected chi connectivity index (χ3v) is 1.67. The van der Waals surface area contributed by atoms with Crippen LogP contribution in [0.15, 0.2) is 22.8 Å². The van der Waals surface area contributed by atoms with Gasteiger partial charge in [-0.05, 0) is 19.4 Å². The second-order valence-electron chi connectivity index (χ2n) is 1.68. The Kier molecular flexibility index (Phi) is 4.93. The largest absolute Gasteiger partial charge is 0.122 e. The molecule has 0 N–H and O–H groups in total. The van der Waals surface area contributed by atoms with Gasteiger partial charge in [-0.2, -0.15) is 0 Å². The van der Waals surface area contributed by atoms with Crippen LogP contribution in [0, 0.1) is 0 Å². The maximum Gasteiger partial charge on any atom is 0.0421 e. The molecule has 0 amide bonds. The van der Waals surface area contributed by atoms with Gasteiger partial charge in [0, 0.05) is 10.9 Å². The molecule has 52 valence electrons. The van der Waals surface area contributed by atoms with E-state index in [4.69, 9.17) is 23.2 Å². The fraction of sp³-hybridized carbons (Fsp3) is 0.429. The van der Waals surface area contributed by atoms with Crippen LogP contribution < -0.4 is 0 Å². The summed E-state index contributed by atoms with van der Waals surface area (Å²) in [5.74, 6) is 0.476. The van der Waals surface area contributed by atoms with Crippen LogP contribution in [0.25, 0.3) is 0 Å². The van der Waals surface area contributed by atoms with Gasteiger partial charge in [-0.3, -0.25) is 0 Å². The molecule has 0 saturated heterocycles. The molecule has 0 bridgehead atoms. The molecule has 0 aromatic heterocycles. The van der Waals surface area contributed by atoms with Crippen molar-refractivity contribution < 1.29 is 0 Å². The monoisotopic (exact) mass is 164 g/mol. The molecule has 0 atom stereocenters. The van der Waals surface area contributed by atoms with E-state index in [1.165, 1.54) is 0 Å². The predicted molar refractivity (Wildman–Crippen MR) is 44.1 cm³/mol. The highest BCUT2D eigenvalue weighted by Gasteiger charge is 1.90. The number of allylic oxidation sites excluding steroid dienone is 4. The number of halogens is 2. The third kappa shape index (κ3) is 3.61. The van der Waals surface area contributed by atoms with E-state index in [2.05, 4.69) is 0 Å². The first-order chi connectivity index (χ1) is 4.22. The smallest absolute Gasteiger partial charge is 0.0421 e. The summed E-state index contributed by atoms with van der Waals surface area (Å²) in [6.45, 7) is 3.89. The minimum absolute atomic E-state index is 0.476. The van der Waals surface area contributed by atoms with Crippen LogP contribution in [-0.2, 0) is 0 Å². The minimum Gasteiger partial charge on any atom is -0.122 e. The first-order valence-corrected chi connectivity index (χ1v) is 3.68. The first kappa shape index (κ1) is 9.06. The quantitative estimate of drug-likeness (QED) is 0.435. The van der Waals surface area contributed by atoms with Gasteiger partial charge in [0.1, 0.15) is 0 Å². The number of hydrogen-bond acceptors (Lipinski definition) is 0. The van der Waals surface area contributed by atoms with Crippen molar-refractivity contribution in [1.82, 2.24) is 0 Å². The Bertz CT molecular complexity index is 134. The average Bonchev–Trinajstić information content (AvgIpc) is 1.87. The van der Waals surface area contributed by atoms with Gasteiger partial charge in [-0.15, -0.1) is 11.6 Å². The van der Waals surface area contributed by atoms with Crippen molar-refractivity contribution in [3.05, 3.63) is 22.8 Å². The van der Waals surface area contributed by atoms with Gasteiger partial charge in [0.05, 0.1) is 0 Å². The fourth-order valence-electron chi connectivity index (χ4n) is 0.367. The normalized spacial score (nSPS) is 14.2. The van der Waals surface area contributed by atoms with Crippen molar-refractivity contribution in [2.45, 2.75) is 13.8 Å². The number of hydrogen-bond donors (Lipinski definition) is 0. The van der Waals surface area contributed by atoms with Crippen molar-refractivity contribution in [2.75, 3.05) is 5.88 Å². The summed E-state index contributed by atoms with van der Waals surface area (Å²) in [5.41, 5.74) is 1.07. The van der Waals surface area contributed by atoms with Crippen molar-refractivity contribution >= 4 is 23.2 Å². The van der Waals surface area contributed by atoms with Crippen LogP contribution in [0.1, 0.15) is 13.8 Å². The Morgan fingerprint density at radius 3 is 2.44 bits per heavy atom. The zero-order valence-corrected chi connectivity index (χ0v) is 7.13. The molecule has 2 heteroatoms. The fourth-order valence-corrected chi connectivity index (χ4v) is 0.786. The molecule has 0 aliphatic rings. The summed E-state index contributed by atoms with van der Waals surface area (Å²) in [6.07, 6.45) is 3.73. The molecule has 0 fully saturated rings. The van der Waals surface area contributed by atoms with Crippen LogP contribution in [0.5, 0.6) is 0 Å². The van der Waals surface area contributed by atoms with Gasteiger partial charge in [-0.1, -0.05) is 23.8 Å². The molecular weight excluding hydrogens is 155 g/mol. The van der Waals surface area contributed by atoms with Crippen LogP contribution in [0.4, 0.5) is 0 Å². The average molecular weight is 165 g/mol. The Balaban J connectivity index is 4.03. The van der Waals surface area contributed by atoms with Crippen LogP contribution in [0.3, 0.4) is 0 Å². The molecule has 0 aliphatic carbocycles. The molecule has 9 heavy (non-hydrogen) atoms. The zero-order valence-electron chi connectivity index (χ0n) is 5.62. The topological polar surface area (TPSA) is 0 Å².